The van der Waals surface area contributed by atoms with E-state index in [1.807, 2.05) is 31.2 Å². The molecule has 2 aromatic carbocycles. The lowest BCUT2D eigenvalue weighted by atomic mass is 9.89. The highest BCUT2D eigenvalue weighted by atomic mass is 16.5. The molecule has 1 unspecified atom stereocenters. The third-order valence-electron chi connectivity index (χ3n) is 5.41. The molecule has 0 fully saturated rings. The minimum atomic E-state index is -0.396. The van der Waals surface area contributed by atoms with Gasteiger partial charge in [0.15, 0.2) is 6.61 Å². The lowest BCUT2D eigenvalue weighted by Gasteiger charge is -2.20. The first kappa shape index (κ1) is 20.9. The van der Waals surface area contributed by atoms with Crippen molar-refractivity contribution >= 4 is 11.9 Å². The number of carbonyl (C=O) groups excluding carboxylic acids is 2. The number of ether oxygens (including phenoxy) is 2. The van der Waals surface area contributed by atoms with Gasteiger partial charge in [-0.15, -0.1) is 0 Å². The third kappa shape index (κ3) is 5.83. The van der Waals surface area contributed by atoms with Crippen molar-refractivity contribution in [3.05, 3.63) is 64.7 Å². The molecule has 0 aliphatic heterocycles. The molecule has 1 N–H and O–H groups in total. The van der Waals surface area contributed by atoms with Crippen molar-refractivity contribution in [1.29, 1.82) is 0 Å². The van der Waals surface area contributed by atoms with Crippen LogP contribution in [0.4, 0.5) is 0 Å². The smallest absolute Gasteiger partial charge is 0.306 e. The number of rotatable bonds is 8. The van der Waals surface area contributed by atoms with E-state index < -0.39 is 5.97 Å². The third-order valence-corrected chi connectivity index (χ3v) is 5.41. The fraction of sp³-hybridized carbons (Fsp3) is 0.417. The van der Waals surface area contributed by atoms with E-state index in [9.17, 15) is 9.59 Å². The van der Waals surface area contributed by atoms with Gasteiger partial charge in [0.1, 0.15) is 5.75 Å². The van der Waals surface area contributed by atoms with Gasteiger partial charge < -0.3 is 14.8 Å². The predicted molar refractivity (Wildman–Crippen MR) is 112 cm³/mol. The first-order chi connectivity index (χ1) is 14.1. The van der Waals surface area contributed by atoms with Gasteiger partial charge in [-0.1, -0.05) is 36.4 Å². The summed E-state index contributed by atoms with van der Waals surface area (Å²) < 4.78 is 10.4. The largest absolute Gasteiger partial charge is 0.496 e. The summed E-state index contributed by atoms with van der Waals surface area (Å²) in [5.74, 6) is 0.0604. The number of nitrogens with one attached hydrogen (secondary N) is 1. The van der Waals surface area contributed by atoms with Crippen molar-refractivity contribution in [2.45, 2.75) is 51.5 Å². The monoisotopic (exact) mass is 395 g/mol. The quantitative estimate of drug-likeness (QED) is 0.688. The Hall–Kier alpha value is -2.82. The summed E-state index contributed by atoms with van der Waals surface area (Å²) in [7, 11) is 1.60. The highest BCUT2D eigenvalue weighted by molar-refractivity contribution is 5.80. The number of esters is 1. The number of para-hydroxylation sites is 1. The minimum Gasteiger partial charge on any atom is -0.496 e. The first-order valence-electron chi connectivity index (χ1n) is 10.3. The number of amides is 1. The van der Waals surface area contributed by atoms with Crippen molar-refractivity contribution in [2.24, 2.45) is 0 Å². The van der Waals surface area contributed by atoms with Gasteiger partial charge in [-0.25, -0.2) is 0 Å². The summed E-state index contributed by atoms with van der Waals surface area (Å²) in [4.78, 5) is 24.2. The van der Waals surface area contributed by atoms with Crippen LogP contribution in [0, 0.1) is 0 Å². The molecule has 0 bridgehead atoms. The summed E-state index contributed by atoms with van der Waals surface area (Å²) in [6, 6.07) is 13.9. The van der Waals surface area contributed by atoms with E-state index in [1.165, 1.54) is 24.0 Å². The molecule has 1 atom stereocenters. The van der Waals surface area contributed by atoms with E-state index in [4.69, 9.17) is 9.47 Å². The molecule has 1 aliphatic carbocycles. The van der Waals surface area contributed by atoms with Crippen LogP contribution in [0.2, 0.25) is 0 Å². The summed E-state index contributed by atoms with van der Waals surface area (Å²) in [5.41, 5.74) is 4.83. The number of carbonyl (C=O) groups is 2. The highest BCUT2D eigenvalue weighted by Gasteiger charge is 2.15. The molecule has 5 heteroatoms. The van der Waals surface area contributed by atoms with Crippen LogP contribution in [0.15, 0.2) is 42.5 Å². The fourth-order valence-electron chi connectivity index (χ4n) is 3.75. The van der Waals surface area contributed by atoms with E-state index in [0.29, 0.717) is 6.42 Å². The lowest BCUT2D eigenvalue weighted by molar-refractivity contribution is -0.148. The van der Waals surface area contributed by atoms with Crippen molar-refractivity contribution in [3.8, 4) is 5.75 Å². The van der Waals surface area contributed by atoms with E-state index in [0.717, 1.165) is 29.7 Å². The number of benzene rings is 2. The van der Waals surface area contributed by atoms with Gasteiger partial charge in [0, 0.05) is 6.42 Å². The maximum Gasteiger partial charge on any atom is 0.306 e. The molecular weight excluding hydrogens is 366 g/mol. The molecule has 3 rings (SSSR count). The Balaban J connectivity index is 1.44. The van der Waals surface area contributed by atoms with E-state index >= 15 is 0 Å². The maximum absolute atomic E-state index is 12.2. The zero-order valence-corrected chi connectivity index (χ0v) is 17.2. The Kier molecular flexibility index (Phi) is 7.28. The summed E-state index contributed by atoms with van der Waals surface area (Å²) in [6.45, 7) is 1.69. The van der Waals surface area contributed by atoms with Gasteiger partial charge in [0.25, 0.3) is 5.91 Å². The molecule has 0 aromatic heterocycles. The lowest BCUT2D eigenvalue weighted by Crippen LogP contribution is -2.31. The molecule has 29 heavy (non-hydrogen) atoms. The van der Waals surface area contributed by atoms with E-state index in [2.05, 4.69) is 23.5 Å². The molecule has 1 aliphatic rings. The van der Waals surface area contributed by atoms with Crippen molar-refractivity contribution in [2.75, 3.05) is 13.7 Å². The molecular formula is C24H29NO4. The molecule has 154 valence electrons. The molecule has 0 saturated heterocycles. The Morgan fingerprint density at radius 2 is 1.83 bits per heavy atom. The SMILES string of the molecule is COc1ccccc1CCC(=O)OCC(=O)NC(C)c1ccc2c(c1)CCCC2. The second kappa shape index (κ2) is 10.1. The topological polar surface area (TPSA) is 64.6 Å². The van der Waals surface area contributed by atoms with Gasteiger partial charge in [-0.2, -0.15) is 0 Å². The second-order valence-corrected chi connectivity index (χ2v) is 7.50. The van der Waals surface area contributed by atoms with Gasteiger partial charge in [0.05, 0.1) is 13.2 Å². The average molecular weight is 395 g/mol. The molecule has 0 heterocycles. The number of methoxy groups -OCH3 is 1. The number of hydrogen-bond donors (Lipinski definition) is 1. The van der Waals surface area contributed by atoms with Gasteiger partial charge in [-0.05, 0) is 67.3 Å². The molecule has 0 saturated carbocycles. The zero-order valence-electron chi connectivity index (χ0n) is 17.2. The first-order valence-corrected chi connectivity index (χ1v) is 10.3. The summed E-state index contributed by atoms with van der Waals surface area (Å²) >= 11 is 0. The van der Waals surface area contributed by atoms with Crippen molar-refractivity contribution in [3.63, 3.8) is 0 Å². The summed E-state index contributed by atoms with van der Waals surface area (Å²) in [5, 5.41) is 2.91. The van der Waals surface area contributed by atoms with Crippen LogP contribution in [0.1, 0.15) is 54.5 Å². The normalized spacial score (nSPS) is 13.9. The fourth-order valence-corrected chi connectivity index (χ4v) is 3.75. The summed E-state index contributed by atoms with van der Waals surface area (Å²) in [6.07, 6.45) is 5.43. The van der Waals surface area contributed by atoms with Gasteiger partial charge >= 0.3 is 5.97 Å². The van der Waals surface area contributed by atoms with Crippen LogP contribution in [-0.2, 0) is 33.6 Å². The Morgan fingerprint density at radius 3 is 2.62 bits per heavy atom. The second-order valence-electron chi connectivity index (χ2n) is 7.50. The van der Waals surface area contributed by atoms with Crippen LogP contribution >= 0.6 is 0 Å². The number of fused-ring (bicyclic) bond motifs is 1. The molecule has 0 radical (unpaired) electrons. The van der Waals surface area contributed by atoms with Crippen LogP contribution in [0.5, 0.6) is 5.75 Å². The van der Waals surface area contributed by atoms with E-state index in [1.54, 1.807) is 7.11 Å². The Labute approximate surface area is 172 Å². The average Bonchev–Trinajstić information content (AvgIpc) is 2.76. The molecule has 2 aromatic rings. The zero-order chi connectivity index (χ0) is 20.6. The van der Waals surface area contributed by atoms with Crippen LogP contribution < -0.4 is 10.1 Å². The van der Waals surface area contributed by atoms with Crippen LogP contribution in [0.3, 0.4) is 0 Å². The van der Waals surface area contributed by atoms with Crippen molar-refractivity contribution < 1.29 is 19.1 Å². The predicted octanol–water partition coefficient (Wildman–Crippen LogP) is 3.93. The van der Waals surface area contributed by atoms with Crippen molar-refractivity contribution in [1.82, 2.24) is 5.32 Å². The van der Waals surface area contributed by atoms with Gasteiger partial charge in [-0.3, -0.25) is 9.59 Å². The highest BCUT2D eigenvalue weighted by Crippen LogP contribution is 2.24. The molecule has 0 spiro atoms. The standard InChI is InChI=1S/C24H29NO4/c1-17(20-12-11-18-7-3-4-9-21(18)15-20)25-23(26)16-29-24(27)14-13-19-8-5-6-10-22(19)28-2/h5-6,8,10-12,15,17H,3-4,7,9,13-14,16H2,1-2H3,(H,25,26). The number of hydrogen-bond acceptors (Lipinski definition) is 4. The van der Waals surface area contributed by atoms with E-state index in [-0.39, 0.29) is 25.0 Å². The minimum absolute atomic E-state index is 0.123. The van der Waals surface area contributed by atoms with Crippen LogP contribution in [-0.4, -0.2) is 25.6 Å². The Morgan fingerprint density at radius 1 is 1.07 bits per heavy atom. The Bertz CT molecular complexity index is 862. The number of aryl methyl sites for hydroxylation is 3. The van der Waals surface area contributed by atoms with Gasteiger partial charge in [0.2, 0.25) is 0 Å². The molecule has 5 nitrogen and oxygen atoms in total. The maximum atomic E-state index is 12.2. The molecule has 1 amide bonds. The van der Waals surface area contributed by atoms with Crippen LogP contribution in [0.25, 0.3) is 0 Å².